The minimum absolute atomic E-state index is 0.0941. The molecule has 1 unspecified atom stereocenters. The van der Waals surface area contributed by atoms with Gasteiger partial charge in [0.25, 0.3) is 5.56 Å². The Bertz CT molecular complexity index is 1470. The maximum atomic E-state index is 13.4. The molecule has 1 atom stereocenters. The molecular weight excluding hydrogens is 472 g/mol. The van der Waals surface area contributed by atoms with Crippen molar-refractivity contribution in [3.05, 3.63) is 126 Å². The van der Waals surface area contributed by atoms with Crippen molar-refractivity contribution in [3.8, 4) is 5.75 Å². The normalized spacial score (nSPS) is 15.8. The van der Waals surface area contributed by atoms with Crippen LogP contribution in [0.3, 0.4) is 0 Å². The fourth-order valence-electron chi connectivity index (χ4n) is 3.62. The van der Waals surface area contributed by atoms with Gasteiger partial charge in [-0.1, -0.05) is 81.9 Å². The Labute approximate surface area is 190 Å². The average Bonchev–Trinajstić information content (AvgIpc) is 3.09. The summed E-state index contributed by atoms with van der Waals surface area (Å²) in [6.07, 6.45) is 3.84. The number of hydrogen-bond acceptors (Lipinski definition) is 4. The number of aromatic nitrogens is 1. The quantitative estimate of drug-likeness (QED) is 0.462. The van der Waals surface area contributed by atoms with Gasteiger partial charge < -0.3 is 5.11 Å². The lowest BCUT2D eigenvalue weighted by Gasteiger charge is -2.19. The average molecular weight is 489 g/mol. The Kier molecular flexibility index (Phi) is 5.18. The van der Waals surface area contributed by atoms with Crippen molar-refractivity contribution < 1.29 is 5.11 Å². The highest BCUT2D eigenvalue weighted by atomic mass is 79.9. The Morgan fingerprint density at radius 3 is 2.52 bits per heavy atom. The van der Waals surface area contributed by atoms with E-state index in [9.17, 15) is 9.90 Å². The third-order valence-electron chi connectivity index (χ3n) is 5.10. The van der Waals surface area contributed by atoms with Crippen LogP contribution in [0.4, 0.5) is 0 Å². The van der Waals surface area contributed by atoms with Crippen molar-refractivity contribution in [2.45, 2.75) is 6.04 Å². The number of phenols is 1. The Hall–Kier alpha value is -3.22. The molecule has 0 aliphatic carbocycles. The Morgan fingerprint density at radius 1 is 1.00 bits per heavy atom. The SMILES string of the molecule is O=c1c(=Cc2cccc(O)c2)sc2n1C(c1ccc(Br)cc1)C=C(c1ccccc1)N=2. The predicted octanol–water partition coefficient (Wildman–Crippen LogP) is 4.47. The monoisotopic (exact) mass is 488 g/mol. The number of benzene rings is 3. The van der Waals surface area contributed by atoms with E-state index in [1.54, 1.807) is 28.8 Å². The minimum atomic E-state index is -0.258. The number of thiazole rings is 1. The zero-order valence-electron chi connectivity index (χ0n) is 16.3. The van der Waals surface area contributed by atoms with Gasteiger partial charge in [-0.3, -0.25) is 9.36 Å². The van der Waals surface area contributed by atoms with Crippen LogP contribution in [0.15, 0.2) is 99.2 Å². The van der Waals surface area contributed by atoms with Gasteiger partial charge in [0.05, 0.1) is 16.3 Å². The van der Waals surface area contributed by atoms with E-state index in [1.165, 1.54) is 11.3 Å². The molecule has 6 heteroatoms. The summed E-state index contributed by atoms with van der Waals surface area (Å²) in [5.74, 6) is 0.167. The van der Waals surface area contributed by atoms with Crippen LogP contribution in [-0.4, -0.2) is 9.67 Å². The largest absolute Gasteiger partial charge is 0.508 e. The molecule has 0 saturated heterocycles. The van der Waals surface area contributed by atoms with E-state index in [0.29, 0.717) is 9.33 Å². The molecular formula is C25H17BrN2O2S. The van der Waals surface area contributed by atoms with E-state index in [1.807, 2.05) is 66.7 Å². The number of allylic oxidation sites excluding steroid dienone is 1. The standard InChI is InChI=1S/C25H17BrN2O2S/c26-19-11-9-18(10-12-19)22-15-21(17-6-2-1-3-7-17)27-25-28(22)24(30)23(31-25)14-16-5-4-8-20(29)13-16/h1-15,22,29H. The zero-order valence-corrected chi connectivity index (χ0v) is 18.7. The predicted molar refractivity (Wildman–Crippen MR) is 128 cm³/mol. The smallest absolute Gasteiger partial charge is 0.271 e. The molecule has 1 aromatic heterocycles. The van der Waals surface area contributed by atoms with Crippen LogP contribution in [-0.2, 0) is 0 Å². The topological polar surface area (TPSA) is 54.6 Å². The molecule has 31 heavy (non-hydrogen) atoms. The van der Waals surface area contributed by atoms with Gasteiger partial charge in [0.15, 0.2) is 4.80 Å². The van der Waals surface area contributed by atoms with Gasteiger partial charge in [0.2, 0.25) is 0 Å². The second-order valence-electron chi connectivity index (χ2n) is 7.19. The van der Waals surface area contributed by atoms with Crippen LogP contribution in [0.2, 0.25) is 0 Å². The van der Waals surface area contributed by atoms with Crippen molar-refractivity contribution >= 4 is 39.0 Å². The molecule has 0 fully saturated rings. The van der Waals surface area contributed by atoms with Crippen molar-refractivity contribution in [2.75, 3.05) is 0 Å². The van der Waals surface area contributed by atoms with Crippen LogP contribution in [0, 0.1) is 0 Å². The van der Waals surface area contributed by atoms with E-state index in [0.717, 1.165) is 26.9 Å². The van der Waals surface area contributed by atoms with Crippen molar-refractivity contribution in [1.29, 1.82) is 0 Å². The lowest BCUT2D eigenvalue weighted by Crippen LogP contribution is -2.36. The van der Waals surface area contributed by atoms with Gasteiger partial charge in [0.1, 0.15) is 5.75 Å². The molecule has 1 N–H and O–H groups in total. The molecule has 5 rings (SSSR count). The number of fused-ring (bicyclic) bond motifs is 1. The van der Waals surface area contributed by atoms with Gasteiger partial charge in [-0.2, -0.15) is 0 Å². The molecule has 0 saturated carbocycles. The maximum absolute atomic E-state index is 13.4. The molecule has 0 radical (unpaired) electrons. The fraction of sp³-hybridized carbons (Fsp3) is 0.0400. The van der Waals surface area contributed by atoms with Crippen LogP contribution >= 0.6 is 27.3 Å². The van der Waals surface area contributed by atoms with E-state index in [4.69, 9.17) is 4.99 Å². The highest BCUT2D eigenvalue weighted by molar-refractivity contribution is 9.10. The second-order valence-corrected chi connectivity index (χ2v) is 9.11. The zero-order chi connectivity index (χ0) is 21.4. The maximum Gasteiger partial charge on any atom is 0.271 e. The van der Waals surface area contributed by atoms with E-state index in [2.05, 4.69) is 15.9 Å². The van der Waals surface area contributed by atoms with E-state index in [-0.39, 0.29) is 17.4 Å². The van der Waals surface area contributed by atoms with Gasteiger partial charge in [-0.15, -0.1) is 0 Å². The molecule has 0 bridgehead atoms. The molecule has 152 valence electrons. The summed E-state index contributed by atoms with van der Waals surface area (Å²) in [6, 6.07) is 24.6. The highest BCUT2D eigenvalue weighted by Gasteiger charge is 2.22. The number of hydrogen-bond donors (Lipinski definition) is 1. The van der Waals surface area contributed by atoms with Crippen LogP contribution in [0.1, 0.15) is 22.7 Å². The molecule has 0 amide bonds. The van der Waals surface area contributed by atoms with Crippen LogP contribution in [0.5, 0.6) is 5.75 Å². The van der Waals surface area contributed by atoms with Gasteiger partial charge in [0, 0.05) is 4.47 Å². The van der Waals surface area contributed by atoms with E-state index >= 15 is 0 Å². The molecule has 4 aromatic rings. The van der Waals surface area contributed by atoms with Crippen LogP contribution < -0.4 is 14.9 Å². The lowest BCUT2D eigenvalue weighted by molar-refractivity contribution is 0.475. The number of nitrogens with zero attached hydrogens (tertiary/aromatic N) is 2. The Morgan fingerprint density at radius 2 is 1.77 bits per heavy atom. The molecule has 3 aromatic carbocycles. The summed E-state index contributed by atoms with van der Waals surface area (Å²) in [6.45, 7) is 0. The lowest BCUT2D eigenvalue weighted by atomic mass is 10.0. The molecule has 0 spiro atoms. The molecule has 1 aliphatic heterocycles. The van der Waals surface area contributed by atoms with Gasteiger partial charge in [-0.05, 0) is 53.1 Å². The molecule has 1 aliphatic rings. The molecule has 4 nitrogen and oxygen atoms in total. The molecule has 2 heterocycles. The summed E-state index contributed by atoms with van der Waals surface area (Å²) in [5, 5.41) is 9.77. The Balaban J connectivity index is 1.73. The number of rotatable bonds is 3. The van der Waals surface area contributed by atoms with Gasteiger partial charge >= 0.3 is 0 Å². The summed E-state index contributed by atoms with van der Waals surface area (Å²) >= 11 is 4.84. The van der Waals surface area contributed by atoms with Gasteiger partial charge in [-0.25, -0.2) is 4.99 Å². The first-order chi connectivity index (χ1) is 15.1. The highest BCUT2D eigenvalue weighted by Crippen LogP contribution is 2.27. The van der Waals surface area contributed by atoms with Crippen LogP contribution in [0.25, 0.3) is 11.8 Å². The summed E-state index contributed by atoms with van der Waals surface area (Å²) in [7, 11) is 0. The summed E-state index contributed by atoms with van der Waals surface area (Å²) in [5.41, 5.74) is 3.54. The first-order valence-electron chi connectivity index (χ1n) is 9.72. The fourth-order valence-corrected chi connectivity index (χ4v) is 4.90. The number of aromatic hydroxyl groups is 1. The van der Waals surface area contributed by atoms with Crippen molar-refractivity contribution in [1.82, 2.24) is 4.57 Å². The minimum Gasteiger partial charge on any atom is -0.508 e. The number of phenolic OH excluding ortho intramolecular Hbond substituents is 1. The third kappa shape index (κ3) is 3.92. The van der Waals surface area contributed by atoms with Crippen molar-refractivity contribution in [3.63, 3.8) is 0 Å². The van der Waals surface area contributed by atoms with Crippen molar-refractivity contribution in [2.24, 2.45) is 4.99 Å². The van der Waals surface area contributed by atoms with E-state index < -0.39 is 0 Å². The second kappa shape index (κ2) is 8.13. The first-order valence-corrected chi connectivity index (χ1v) is 11.3. The first kappa shape index (κ1) is 19.7. The number of halogens is 1. The summed E-state index contributed by atoms with van der Waals surface area (Å²) in [4.78, 5) is 18.8. The third-order valence-corrected chi connectivity index (χ3v) is 6.61. The summed E-state index contributed by atoms with van der Waals surface area (Å²) < 4.78 is 3.31.